The lowest BCUT2D eigenvalue weighted by Crippen LogP contribution is -2.47. The van der Waals surface area contributed by atoms with Crippen molar-refractivity contribution >= 4 is 0 Å². The molecule has 3 heteroatoms. The highest BCUT2D eigenvalue weighted by molar-refractivity contribution is 5.18. The summed E-state index contributed by atoms with van der Waals surface area (Å²) in [4.78, 5) is 0. The van der Waals surface area contributed by atoms with E-state index in [9.17, 15) is 0 Å². The van der Waals surface area contributed by atoms with Gasteiger partial charge in [-0.3, -0.25) is 4.68 Å². The van der Waals surface area contributed by atoms with Crippen molar-refractivity contribution in [2.75, 3.05) is 6.54 Å². The molecule has 1 heterocycles. The molecule has 3 nitrogen and oxygen atoms in total. The van der Waals surface area contributed by atoms with Crippen molar-refractivity contribution in [3.63, 3.8) is 0 Å². The maximum absolute atomic E-state index is 4.22. The van der Waals surface area contributed by atoms with E-state index in [0.717, 1.165) is 12.5 Å². The van der Waals surface area contributed by atoms with Crippen LogP contribution < -0.4 is 5.32 Å². The minimum absolute atomic E-state index is 0.713. The Morgan fingerprint density at radius 3 is 2.93 bits per heavy atom. The summed E-state index contributed by atoms with van der Waals surface area (Å²) in [5, 5.41) is 7.73. The maximum Gasteiger partial charge on any atom is 0.0524 e. The summed E-state index contributed by atoms with van der Waals surface area (Å²) >= 11 is 0. The van der Waals surface area contributed by atoms with Crippen LogP contribution in [-0.2, 0) is 7.05 Å². The second kappa shape index (κ2) is 3.73. The van der Waals surface area contributed by atoms with Crippen molar-refractivity contribution in [3.05, 3.63) is 18.0 Å². The Morgan fingerprint density at radius 1 is 1.64 bits per heavy atom. The number of nitrogens with one attached hydrogen (secondary N) is 1. The fourth-order valence-electron chi connectivity index (χ4n) is 2.39. The lowest BCUT2D eigenvalue weighted by molar-refractivity contribution is 0.187. The lowest BCUT2D eigenvalue weighted by Gasteiger charge is -2.43. The number of nitrogens with zero attached hydrogens (tertiary/aromatic N) is 2. The van der Waals surface area contributed by atoms with Gasteiger partial charge in [0, 0.05) is 19.3 Å². The zero-order valence-corrected chi connectivity index (χ0v) is 9.20. The zero-order chi connectivity index (χ0) is 10.1. The minimum atomic E-state index is 0.713. The largest absolute Gasteiger partial charge is 0.314 e. The van der Waals surface area contributed by atoms with Gasteiger partial charge in [-0.25, -0.2) is 0 Å². The van der Waals surface area contributed by atoms with Crippen LogP contribution in [0.25, 0.3) is 0 Å². The molecular weight excluding hydrogens is 174 g/mol. The summed E-state index contributed by atoms with van der Waals surface area (Å²) in [5.41, 5.74) is 1.40. The standard InChI is InChI=1S/C11H19N3/c1-4-12-11-5-10(8(11)2)9-6-13-14(3)7-9/h6-8,10-12H,4-5H2,1-3H3. The van der Waals surface area contributed by atoms with Gasteiger partial charge >= 0.3 is 0 Å². The third kappa shape index (κ3) is 1.57. The van der Waals surface area contributed by atoms with E-state index in [2.05, 4.69) is 30.5 Å². The Balaban J connectivity index is 1.97. The molecule has 0 radical (unpaired) electrons. The predicted molar refractivity (Wildman–Crippen MR) is 57.2 cm³/mol. The van der Waals surface area contributed by atoms with Gasteiger partial charge in [0.15, 0.2) is 0 Å². The highest BCUT2D eigenvalue weighted by Gasteiger charge is 2.38. The molecule has 1 N–H and O–H groups in total. The number of hydrogen-bond donors (Lipinski definition) is 1. The SMILES string of the molecule is CCNC1CC(c2cnn(C)c2)C1C. The Kier molecular flexibility index (Phi) is 2.59. The molecule has 1 aliphatic rings. The smallest absolute Gasteiger partial charge is 0.0524 e. The van der Waals surface area contributed by atoms with Gasteiger partial charge in [0.05, 0.1) is 6.20 Å². The summed E-state index contributed by atoms with van der Waals surface area (Å²) in [6, 6.07) is 0.713. The third-order valence-corrected chi connectivity index (χ3v) is 3.40. The summed E-state index contributed by atoms with van der Waals surface area (Å²) in [6.45, 7) is 5.58. The molecule has 1 fully saturated rings. The number of aryl methyl sites for hydroxylation is 1. The molecular formula is C11H19N3. The Bertz CT molecular complexity index is 305. The van der Waals surface area contributed by atoms with Crippen LogP contribution in [0.3, 0.4) is 0 Å². The number of rotatable bonds is 3. The molecule has 0 aliphatic heterocycles. The lowest BCUT2D eigenvalue weighted by atomic mass is 9.68. The first kappa shape index (κ1) is 9.71. The van der Waals surface area contributed by atoms with E-state index in [0.29, 0.717) is 12.0 Å². The van der Waals surface area contributed by atoms with E-state index in [4.69, 9.17) is 0 Å². The van der Waals surface area contributed by atoms with Gasteiger partial charge in [0.1, 0.15) is 0 Å². The van der Waals surface area contributed by atoms with Gasteiger partial charge in [-0.15, -0.1) is 0 Å². The van der Waals surface area contributed by atoms with Gasteiger partial charge in [-0.05, 0) is 30.4 Å². The second-order valence-electron chi connectivity index (χ2n) is 4.31. The maximum atomic E-state index is 4.22. The van der Waals surface area contributed by atoms with E-state index in [-0.39, 0.29) is 0 Å². The van der Waals surface area contributed by atoms with Crippen molar-refractivity contribution < 1.29 is 0 Å². The molecule has 0 amide bonds. The number of aromatic nitrogens is 2. The highest BCUT2D eigenvalue weighted by atomic mass is 15.2. The summed E-state index contributed by atoms with van der Waals surface area (Å²) in [7, 11) is 1.98. The van der Waals surface area contributed by atoms with Crippen molar-refractivity contribution in [1.29, 1.82) is 0 Å². The normalized spacial score (nSPS) is 31.5. The van der Waals surface area contributed by atoms with Crippen LogP contribution in [0.1, 0.15) is 31.7 Å². The molecule has 1 aliphatic carbocycles. The molecule has 0 bridgehead atoms. The van der Waals surface area contributed by atoms with Gasteiger partial charge in [0.25, 0.3) is 0 Å². The highest BCUT2D eigenvalue weighted by Crippen LogP contribution is 2.42. The van der Waals surface area contributed by atoms with Crippen LogP contribution in [0, 0.1) is 5.92 Å². The number of hydrogen-bond acceptors (Lipinski definition) is 2. The average Bonchev–Trinajstić information content (AvgIpc) is 2.57. The van der Waals surface area contributed by atoms with E-state index in [1.165, 1.54) is 12.0 Å². The first-order chi connectivity index (χ1) is 6.72. The van der Waals surface area contributed by atoms with Crippen molar-refractivity contribution in [3.8, 4) is 0 Å². The molecule has 0 aromatic carbocycles. The van der Waals surface area contributed by atoms with Gasteiger partial charge in [0.2, 0.25) is 0 Å². The molecule has 78 valence electrons. The monoisotopic (exact) mass is 193 g/mol. The predicted octanol–water partition coefficient (Wildman–Crippen LogP) is 1.52. The van der Waals surface area contributed by atoms with Crippen LogP contribution in [0.4, 0.5) is 0 Å². The summed E-state index contributed by atoms with van der Waals surface area (Å²) in [5.74, 6) is 1.46. The van der Waals surface area contributed by atoms with Crippen LogP contribution in [0.5, 0.6) is 0 Å². The van der Waals surface area contributed by atoms with Crippen molar-refractivity contribution in [1.82, 2.24) is 15.1 Å². The average molecular weight is 193 g/mol. The molecule has 14 heavy (non-hydrogen) atoms. The zero-order valence-electron chi connectivity index (χ0n) is 9.20. The van der Waals surface area contributed by atoms with Crippen LogP contribution in [-0.4, -0.2) is 22.4 Å². The third-order valence-electron chi connectivity index (χ3n) is 3.40. The molecule has 0 saturated heterocycles. The summed E-state index contributed by atoms with van der Waals surface area (Å²) < 4.78 is 1.89. The van der Waals surface area contributed by atoms with Gasteiger partial charge in [-0.1, -0.05) is 13.8 Å². The van der Waals surface area contributed by atoms with Gasteiger partial charge < -0.3 is 5.32 Å². The minimum Gasteiger partial charge on any atom is -0.314 e. The topological polar surface area (TPSA) is 29.9 Å². The molecule has 1 aromatic rings. The molecule has 3 atom stereocenters. The Hall–Kier alpha value is -0.830. The Labute approximate surface area is 85.5 Å². The van der Waals surface area contributed by atoms with E-state index in [1.807, 2.05) is 17.9 Å². The second-order valence-corrected chi connectivity index (χ2v) is 4.31. The molecule has 3 unspecified atom stereocenters. The first-order valence-electron chi connectivity index (χ1n) is 5.44. The van der Waals surface area contributed by atoms with Crippen LogP contribution in [0.15, 0.2) is 12.4 Å². The molecule has 1 saturated carbocycles. The quantitative estimate of drug-likeness (QED) is 0.789. The molecule has 1 aromatic heterocycles. The fraction of sp³-hybridized carbons (Fsp3) is 0.727. The van der Waals surface area contributed by atoms with Crippen molar-refractivity contribution in [2.45, 2.75) is 32.2 Å². The van der Waals surface area contributed by atoms with Crippen molar-refractivity contribution in [2.24, 2.45) is 13.0 Å². The van der Waals surface area contributed by atoms with E-state index >= 15 is 0 Å². The Morgan fingerprint density at radius 2 is 2.43 bits per heavy atom. The molecule has 2 rings (SSSR count). The van der Waals surface area contributed by atoms with Crippen LogP contribution in [0.2, 0.25) is 0 Å². The fourth-order valence-corrected chi connectivity index (χ4v) is 2.39. The first-order valence-corrected chi connectivity index (χ1v) is 5.44. The van der Waals surface area contributed by atoms with Crippen LogP contribution >= 0.6 is 0 Å². The molecule has 0 spiro atoms. The van der Waals surface area contributed by atoms with Gasteiger partial charge in [-0.2, -0.15) is 5.10 Å². The van der Waals surface area contributed by atoms with E-state index < -0.39 is 0 Å². The summed E-state index contributed by atoms with van der Waals surface area (Å²) in [6.07, 6.45) is 5.41. The van der Waals surface area contributed by atoms with E-state index in [1.54, 1.807) is 0 Å².